The minimum atomic E-state index is -0.171. The van der Waals surface area contributed by atoms with Crippen molar-refractivity contribution >= 4 is 39.1 Å². The van der Waals surface area contributed by atoms with Gasteiger partial charge in [-0.3, -0.25) is 9.59 Å². The van der Waals surface area contributed by atoms with Gasteiger partial charge in [-0.1, -0.05) is 18.2 Å². The summed E-state index contributed by atoms with van der Waals surface area (Å²) in [6.07, 6.45) is 2.13. The van der Waals surface area contributed by atoms with Gasteiger partial charge >= 0.3 is 0 Å². The molecule has 6 nitrogen and oxygen atoms in total. The van der Waals surface area contributed by atoms with Gasteiger partial charge in [0.05, 0.1) is 18.3 Å². The third-order valence-corrected chi connectivity index (χ3v) is 4.93. The van der Waals surface area contributed by atoms with Crippen LogP contribution in [-0.2, 0) is 9.53 Å². The summed E-state index contributed by atoms with van der Waals surface area (Å²) in [5, 5.41) is 8.77. The Morgan fingerprint density at radius 2 is 2.00 bits per heavy atom. The van der Waals surface area contributed by atoms with E-state index < -0.39 is 0 Å². The van der Waals surface area contributed by atoms with Gasteiger partial charge in [0, 0.05) is 28.9 Å². The number of halogens is 1. The van der Waals surface area contributed by atoms with E-state index in [0.29, 0.717) is 23.5 Å². The number of amides is 2. The van der Waals surface area contributed by atoms with Crippen molar-refractivity contribution in [2.24, 2.45) is 0 Å². The molecule has 1 aliphatic heterocycles. The van der Waals surface area contributed by atoms with Crippen LogP contribution >= 0.6 is 15.9 Å². The predicted octanol–water partition coefficient (Wildman–Crippen LogP) is 3.41. The molecule has 3 N–H and O–H groups in total. The molecule has 0 bridgehead atoms. The summed E-state index contributed by atoms with van der Waals surface area (Å²) in [6.45, 7) is 1.38. The number of anilines is 2. The quantitative estimate of drug-likeness (QED) is 0.627. The standard InChI is InChI=1S/C20H22BrN3O3/c21-17-8-1-2-9-18(17)24-19(25)13-22-15-6-3-5-14(11-15)20(26)23-12-16-7-4-10-27-16/h1-3,5-6,8-9,11,16,22H,4,7,10,12-13H2,(H,23,26)(H,24,25). The second kappa shape index (κ2) is 9.53. The van der Waals surface area contributed by atoms with Crippen molar-refractivity contribution in [3.63, 3.8) is 0 Å². The lowest BCUT2D eigenvalue weighted by Crippen LogP contribution is -2.31. The van der Waals surface area contributed by atoms with Crippen molar-refractivity contribution in [3.8, 4) is 0 Å². The van der Waals surface area contributed by atoms with E-state index in [9.17, 15) is 9.59 Å². The topological polar surface area (TPSA) is 79.5 Å². The van der Waals surface area contributed by atoms with Crippen LogP contribution in [0.15, 0.2) is 53.0 Å². The van der Waals surface area contributed by atoms with Crippen LogP contribution in [0.5, 0.6) is 0 Å². The normalized spacial score (nSPS) is 16.0. The molecule has 7 heteroatoms. The number of hydrogen-bond acceptors (Lipinski definition) is 4. The molecule has 2 aromatic carbocycles. The van der Waals surface area contributed by atoms with E-state index in [4.69, 9.17) is 4.74 Å². The van der Waals surface area contributed by atoms with E-state index in [1.54, 1.807) is 18.2 Å². The minimum Gasteiger partial charge on any atom is -0.376 e. The molecule has 1 fully saturated rings. The molecule has 1 atom stereocenters. The molecule has 27 heavy (non-hydrogen) atoms. The van der Waals surface area contributed by atoms with Crippen molar-refractivity contribution < 1.29 is 14.3 Å². The molecule has 2 aromatic rings. The van der Waals surface area contributed by atoms with Gasteiger partial charge in [-0.2, -0.15) is 0 Å². The second-order valence-electron chi connectivity index (χ2n) is 6.31. The first kappa shape index (κ1) is 19.4. The summed E-state index contributed by atoms with van der Waals surface area (Å²) >= 11 is 3.40. The Balaban J connectivity index is 1.50. The van der Waals surface area contributed by atoms with Gasteiger partial charge in [-0.05, 0) is 59.1 Å². The largest absolute Gasteiger partial charge is 0.376 e. The Morgan fingerprint density at radius 1 is 1.15 bits per heavy atom. The van der Waals surface area contributed by atoms with E-state index >= 15 is 0 Å². The van der Waals surface area contributed by atoms with Crippen LogP contribution in [0.25, 0.3) is 0 Å². The molecule has 3 rings (SSSR count). The lowest BCUT2D eigenvalue weighted by molar-refractivity contribution is -0.114. The Hall–Kier alpha value is -2.38. The number of nitrogens with one attached hydrogen (secondary N) is 3. The molecule has 1 heterocycles. The maximum absolute atomic E-state index is 12.3. The number of hydrogen-bond donors (Lipinski definition) is 3. The van der Waals surface area contributed by atoms with Crippen LogP contribution in [0.3, 0.4) is 0 Å². The fourth-order valence-corrected chi connectivity index (χ4v) is 3.21. The summed E-state index contributed by atoms with van der Waals surface area (Å²) in [5.41, 5.74) is 1.97. The van der Waals surface area contributed by atoms with Crippen molar-refractivity contribution in [1.82, 2.24) is 5.32 Å². The van der Waals surface area contributed by atoms with Crippen LogP contribution in [0.4, 0.5) is 11.4 Å². The Morgan fingerprint density at radius 3 is 2.78 bits per heavy atom. The van der Waals surface area contributed by atoms with Crippen LogP contribution in [-0.4, -0.2) is 37.6 Å². The van der Waals surface area contributed by atoms with E-state index in [1.807, 2.05) is 30.3 Å². The molecular weight excluding hydrogens is 410 g/mol. The molecule has 0 radical (unpaired) electrons. The Bertz CT molecular complexity index is 807. The third kappa shape index (κ3) is 5.80. The van der Waals surface area contributed by atoms with E-state index in [0.717, 1.165) is 23.9 Å². The molecule has 1 saturated heterocycles. The highest BCUT2D eigenvalue weighted by Gasteiger charge is 2.16. The summed E-state index contributed by atoms with van der Waals surface area (Å²) in [7, 11) is 0. The first-order valence-corrected chi connectivity index (χ1v) is 9.69. The highest BCUT2D eigenvalue weighted by Crippen LogP contribution is 2.21. The van der Waals surface area contributed by atoms with Gasteiger partial charge in [-0.25, -0.2) is 0 Å². The lowest BCUT2D eigenvalue weighted by atomic mass is 10.1. The van der Waals surface area contributed by atoms with Crippen molar-refractivity contribution in [1.29, 1.82) is 0 Å². The van der Waals surface area contributed by atoms with Gasteiger partial charge in [0.25, 0.3) is 5.91 Å². The summed E-state index contributed by atoms with van der Waals surface area (Å²) < 4.78 is 6.33. The minimum absolute atomic E-state index is 0.0995. The summed E-state index contributed by atoms with van der Waals surface area (Å²) in [4.78, 5) is 24.4. The van der Waals surface area contributed by atoms with Crippen molar-refractivity contribution in [2.75, 3.05) is 30.3 Å². The molecule has 1 unspecified atom stereocenters. The van der Waals surface area contributed by atoms with Crippen LogP contribution < -0.4 is 16.0 Å². The van der Waals surface area contributed by atoms with Crippen molar-refractivity contribution in [2.45, 2.75) is 18.9 Å². The lowest BCUT2D eigenvalue weighted by Gasteiger charge is -2.12. The molecule has 0 saturated carbocycles. The Labute approximate surface area is 166 Å². The molecule has 1 aliphatic rings. The molecule has 0 aliphatic carbocycles. The van der Waals surface area contributed by atoms with Crippen LogP contribution in [0, 0.1) is 0 Å². The van der Waals surface area contributed by atoms with Gasteiger partial charge in [0.2, 0.25) is 5.91 Å². The zero-order valence-corrected chi connectivity index (χ0v) is 16.4. The molecule has 0 aromatic heterocycles. The first-order valence-electron chi connectivity index (χ1n) is 8.90. The van der Waals surface area contributed by atoms with E-state index in [1.165, 1.54) is 0 Å². The average molecular weight is 432 g/mol. The SMILES string of the molecule is O=C(CNc1cccc(C(=O)NCC2CCCO2)c1)Nc1ccccc1Br. The number of rotatable bonds is 7. The molecular formula is C20H22BrN3O3. The average Bonchev–Trinajstić information content (AvgIpc) is 3.20. The Kier molecular flexibility index (Phi) is 6.84. The maximum atomic E-state index is 12.3. The smallest absolute Gasteiger partial charge is 0.251 e. The highest BCUT2D eigenvalue weighted by molar-refractivity contribution is 9.10. The molecule has 2 amide bonds. The zero-order chi connectivity index (χ0) is 19.1. The van der Waals surface area contributed by atoms with Crippen LogP contribution in [0.1, 0.15) is 23.2 Å². The van der Waals surface area contributed by atoms with Crippen molar-refractivity contribution in [3.05, 3.63) is 58.6 Å². The number of ether oxygens (including phenoxy) is 1. The summed E-state index contributed by atoms with van der Waals surface area (Å²) in [6, 6.07) is 14.5. The fourth-order valence-electron chi connectivity index (χ4n) is 2.82. The van der Waals surface area contributed by atoms with E-state index in [2.05, 4.69) is 31.9 Å². The van der Waals surface area contributed by atoms with E-state index in [-0.39, 0.29) is 24.5 Å². The fraction of sp³-hybridized carbons (Fsp3) is 0.300. The van der Waals surface area contributed by atoms with Gasteiger partial charge in [0.1, 0.15) is 0 Å². The van der Waals surface area contributed by atoms with Gasteiger partial charge in [0.15, 0.2) is 0 Å². The van der Waals surface area contributed by atoms with Gasteiger partial charge in [-0.15, -0.1) is 0 Å². The third-order valence-electron chi connectivity index (χ3n) is 4.24. The predicted molar refractivity (Wildman–Crippen MR) is 109 cm³/mol. The zero-order valence-electron chi connectivity index (χ0n) is 14.8. The number of carbonyl (C=O) groups excluding carboxylic acids is 2. The molecule has 0 spiro atoms. The summed E-state index contributed by atoms with van der Waals surface area (Å²) in [5.74, 6) is -0.318. The number of carbonyl (C=O) groups is 2. The maximum Gasteiger partial charge on any atom is 0.251 e. The van der Waals surface area contributed by atoms with Crippen LogP contribution in [0.2, 0.25) is 0 Å². The monoisotopic (exact) mass is 431 g/mol. The molecule has 142 valence electrons. The number of benzene rings is 2. The second-order valence-corrected chi connectivity index (χ2v) is 7.16. The first-order chi connectivity index (χ1) is 13.1. The number of para-hydroxylation sites is 1. The van der Waals surface area contributed by atoms with Gasteiger partial charge < -0.3 is 20.7 Å². The highest BCUT2D eigenvalue weighted by atomic mass is 79.9.